The first kappa shape index (κ1) is 30.7. The molecular weight excluding hydrogens is 508 g/mol. The Morgan fingerprint density at radius 2 is 1.41 bits per heavy atom. The maximum absolute atomic E-state index is 12.7. The van der Waals surface area contributed by atoms with Crippen molar-refractivity contribution >= 4 is 32.3 Å². The van der Waals surface area contributed by atoms with Crippen LogP contribution in [0, 0.1) is 6.92 Å². The zero-order valence-electron chi connectivity index (χ0n) is 17.4. The molecule has 0 saturated carbocycles. The third-order valence-corrected chi connectivity index (χ3v) is 5.33. The van der Waals surface area contributed by atoms with Crippen molar-refractivity contribution in [2.75, 3.05) is 0 Å². The number of aryl methyl sites for hydroxylation is 1. The molecule has 0 saturated heterocycles. The first-order chi connectivity index (χ1) is 14.3. The summed E-state index contributed by atoms with van der Waals surface area (Å²) in [7, 11) is -4.86. The van der Waals surface area contributed by atoms with Gasteiger partial charge in [-0.2, -0.15) is 5.11 Å². The minimum atomic E-state index is -4.86. The van der Waals surface area contributed by atoms with Crippen molar-refractivity contribution in [3.05, 3.63) is 76.7 Å². The molecule has 1 aromatic heterocycles. The zero-order chi connectivity index (χ0) is 21.5. The van der Waals surface area contributed by atoms with Crippen molar-refractivity contribution < 1.29 is 51.9 Å². The van der Waals surface area contributed by atoms with Gasteiger partial charge in [0.25, 0.3) is 5.56 Å². The molecule has 0 spiro atoms. The predicted molar refractivity (Wildman–Crippen MR) is 116 cm³/mol. The van der Waals surface area contributed by atoms with Crippen LogP contribution in [0.25, 0.3) is 16.5 Å². The molecule has 14 heteroatoms. The fraction of sp³-hybridized carbons (Fsp3) is 0.0500. The van der Waals surface area contributed by atoms with Crippen molar-refractivity contribution in [1.29, 1.82) is 0 Å². The fourth-order valence-electron chi connectivity index (χ4n) is 3.07. The van der Waals surface area contributed by atoms with Gasteiger partial charge < -0.3 is 35.9 Å². The number of hydrogen-bond donors (Lipinski definition) is 0. The average molecular weight is 527 g/mol. The summed E-state index contributed by atoms with van der Waals surface area (Å²) in [6, 6.07) is 15.4. The Morgan fingerprint density at radius 3 is 2.00 bits per heavy atom. The second-order valence-electron chi connectivity index (χ2n) is 6.41. The fourth-order valence-corrected chi connectivity index (χ4v) is 3.77. The Kier molecular flexibility index (Phi) is 10.5. The smallest absolute Gasteiger partial charge is 0.871 e. The number of hydrogen-bond acceptors (Lipinski definition) is 7. The number of azo groups is 1. The number of aromatic nitrogens is 2. The first-order valence-electron chi connectivity index (χ1n) is 8.70. The second kappa shape index (κ2) is 11.7. The Bertz CT molecular complexity index is 1470. The summed E-state index contributed by atoms with van der Waals surface area (Å²) >= 11 is 0. The molecule has 0 aliphatic heterocycles. The van der Waals surface area contributed by atoms with Crippen molar-refractivity contribution in [3.8, 4) is 11.4 Å². The van der Waals surface area contributed by atoms with Gasteiger partial charge in [0.05, 0.1) is 10.6 Å². The summed E-state index contributed by atoms with van der Waals surface area (Å²) in [6.07, 6.45) is 0. The van der Waals surface area contributed by atoms with Gasteiger partial charge in [0.15, 0.2) is 0 Å². The summed E-state index contributed by atoms with van der Waals surface area (Å²) in [5.74, 6) is -0.799. The quantitative estimate of drug-likeness (QED) is 0.265. The molecule has 0 amide bonds. The third-order valence-electron chi connectivity index (χ3n) is 4.45. The van der Waals surface area contributed by atoms with Crippen LogP contribution in [0.2, 0.25) is 0 Å². The normalized spacial score (nSPS) is 10.6. The molecule has 179 valence electrons. The van der Waals surface area contributed by atoms with E-state index in [1.165, 1.54) is 22.9 Å². The van der Waals surface area contributed by atoms with E-state index in [0.29, 0.717) is 11.4 Å². The molecule has 4 aromatic rings. The molecule has 12 nitrogen and oxygen atoms in total. The van der Waals surface area contributed by atoms with E-state index in [4.69, 9.17) is 0 Å². The molecule has 3 aromatic carbocycles. The van der Waals surface area contributed by atoms with Crippen molar-refractivity contribution in [3.63, 3.8) is 0 Å². The van der Waals surface area contributed by atoms with Gasteiger partial charge in [-0.1, -0.05) is 55.1 Å². The topological polar surface area (TPSA) is 236 Å². The van der Waals surface area contributed by atoms with Gasteiger partial charge in [0.1, 0.15) is 15.8 Å². The van der Waals surface area contributed by atoms with Gasteiger partial charge in [0, 0.05) is 16.5 Å². The number of fused-ring (bicyclic) bond motifs is 1. The van der Waals surface area contributed by atoms with Crippen LogP contribution in [0.3, 0.4) is 0 Å². The van der Waals surface area contributed by atoms with Gasteiger partial charge in [0.2, 0.25) is 0 Å². The average Bonchev–Trinajstić information content (AvgIpc) is 3.00. The molecule has 1 radical (unpaired) electrons. The van der Waals surface area contributed by atoms with Crippen LogP contribution < -0.4 is 15.8 Å². The monoisotopic (exact) mass is 527 g/mol. The summed E-state index contributed by atoms with van der Waals surface area (Å²) < 4.78 is 35.7. The molecule has 0 aliphatic carbocycles. The number of benzene rings is 3. The Labute approximate surface area is 204 Å². The largest absolute Gasteiger partial charge is 3.00 e. The first-order valence-corrected chi connectivity index (χ1v) is 10.1. The SMILES string of the molecule is Cc1[n-]n(-c2ccccc2)c(=O)c1N=Nc1c([O-])cc(S(=O)(=O)[O-])c2ccccc12.O.O.O.[Cr+3]. The van der Waals surface area contributed by atoms with Crippen LogP contribution in [0.4, 0.5) is 11.4 Å². The van der Waals surface area contributed by atoms with E-state index in [1.54, 1.807) is 43.3 Å². The van der Waals surface area contributed by atoms with Crippen LogP contribution in [-0.2, 0) is 27.5 Å². The standard InChI is InChI=1S/C20H16N4O5S.Cr.3H2O/c1-12-18(20(26)24(23-12)13-7-3-2-4-8-13)21-22-19-15-10-6-5-9-14(15)17(11-16(19)25)30(27,28)29;;;;/h2-11H,1H3,(H3,21,22,23,25,26,27,28,29);;3*1H2/q;+3;;;/p-3. The zero-order valence-corrected chi connectivity index (χ0v) is 19.5. The number of para-hydroxylation sites is 1. The van der Waals surface area contributed by atoms with Crippen molar-refractivity contribution in [2.24, 2.45) is 10.2 Å². The van der Waals surface area contributed by atoms with E-state index in [1.807, 2.05) is 0 Å². The van der Waals surface area contributed by atoms with Gasteiger partial charge in [-0.15, -0.1) is 10.8 Å². The Hall–Kier alpha value is -3.35. The van der Waals surface area contributed by atoms with E-state index in [2.05, 4.69) is 15.3 Å². The van der Waals surface area contributed by atoms with Gasteiger partial charge >= 0.3 is 17.4 Å². The van der Waals surface area contributed by atoms with Crippen LogP contribution >= 0.6 is 0 Å². The summed E-state index contributed by atoms with van der Waals surface area (Å²) in [4.78, 5) is 12.1. The molecule has 0 unspecified atom stereocenters. The predicted octanol–water partition coefficient (Wildman–Crippen LogP) is 0.173. The van der Waals surface area contributed by atoms with Gasteiger partial charge in [-0.05, 0) is 18.2 Å². The summed E-state index contributed by atoms with van der Waals surface area (Å²) in [5, 5.41) is 24.7. The second-order valence-corrected chi connectivity index (χ2v) is 7.76. The third kappa shape index (κ3) is 5.58. The van der Waals surface area contributed by atoms with Crippen LogP contribution in [0.15, 0.2) is 80.6 Å². The molecule has 0 atom stereocenters. The maximum atomic E-state index is 12.7. The number of nitrogens with zero attached hydrogens (tertiary/aromatic N) is 4. The van der Waals surface area contributed by atoms with E-state index in [0.717, 1.165) is 6.07 Å². The van der Waals surface area contributed by atoms with Crippen LogP contribution in [-0.4, -0.2) is 34.1 Å². The molecule has 0 fully saturated rings. The minimum absolute atomic E-state index is 0. The molecule has 0 aliphatic rings. The molecule has 6 N–H and O–H groups in total. The molecule has 34 heavy (non-hydrogen) atoms. The van der Waals surface area contributed by atoms with E-state index in [-0.39, 0.29) is 55.9 Å². The molecule has 4 rings (SSSR count). The maximum Gasteiger partial charge on any atom is 3.00 e. The van der Waals surface area contributed by atoms with Crippen LogP contribution in [0.5, 0.6) is 5.75 Å². The van der Waals surface area contributed by atoms with E-state index in [9.17, 15) is 22.9 Å². The number of rotatable bonds is 4. The molecular formula is C20H19CrN4O8S. The van der Waals surface area contributed by atoms with Crippen molar-refractivity contribution in [1.82, 2.24) is 9.78 Å². The van der Waals surface area contributed by atoms with E-state index < -0.39 is 26.3 Å². The molecule has 1 heterocycles. The Balaban J connectivity index is 0.00000272. The van der Waals surface area contributed by atoms with Gasteiger partial charge in [-0.3, -0.25) is 4.79 Å². The Morgan fingerprint density at radius 1 is 0.882 bits per heavy atom. The van der Waals surface area contributed by atoms with Crippen molar-refractivity contribution in [2.45, 2.75) is 11.8 Å². The van der Waals surface area contributed by atoms with Gasteiger partial charge in [-0.25, -0.2) is 8.42 Å². The minimum Gasteiger partial charge on any atom is -0.871 e. The summed E-state index contributed by atoms with van der Waals surface area (Å²) in [6.45, 7) is 1.58. The van der Waals surface area contributed by atoms with Crippen LogP contribution in [0.1, 0.15) is 5.69 Å². The van der Waals surface area contributed by atoms with E-state index >= 15 is 0 Å². The summed E-state index contributed by atoms with van der Waals surface area (Å²) in [5.41, 5.74) is 0.111. The molecule has 0 bridgehead atoms.